The maximum atomic E-state index is 6.45. The summed E-state index contributed by atoms with van der Waals surface area (Å²) in [6.07, 6.45) is 7.59. The van der Waals surface area contributed by atoms with Crippen LogP contribution in [-0.4, -0.2) is 16.5 Å². The fraction of sp³-hybridized carbons (Fsp3) is 0.438. The van der Waals surface area contributed by atoms with Crippen LogP contribution in [0.3, 0.4) is 0 Å². The third-order valence-electron chi connectivity index (χ3n) is 4.03. The molecule has 2 aromatic rings. The Morgan fingerprint density at radius 2 is 2.00 bits per heavy atom. The summed E-state index contributed by atoms with van der Waals surface area (Å²) in [5.41, 5.74) is 7.65. The van der Waals surface area contributed by atoms with E-state index in [0.717, 1.165) is 12.3 Å². The van der Waals surface area contributed by atoms with Gasteiger partial charge in [0.2, 0.25) is 0 Å². The lowest BCUT2D eigenvalue weighted by atomic mass is 9.90. The van der Waals surface area contributed by atoms with E-state index in [1.807, 2.05) is 12.4 Å². The summed E-state index contributed by atoms with van der Waals surface area (Å²) in [6.45, 7) is 0. The van der Waals surface area contributed by atoms with Crippen LogP contribution in [-0.2, 0) is 0 Å². The van der Waals surface area contributed by atoms with Crippen molar-refractivity contribution in [1.82, 2.24) is 4.98 Å². The fourth-order valence-corrected chi connectivity index (χ4v) is 4.11. The van der Waals surface area contributed by atoms with Gasteiger partial charge in [-0.3, -0.25) is 4.98 Å². The second-order valence-electron chi connectivity index (χ2n) is 5.35. The zero-order valence-corrected chi connectivity index (χ0v) is 11.9. The molecule has 1 aromatic carbocycles. The molecule has 100 valence electrons. The molecule has 1 saturated heterocycles. The van der Waals surface area contributed by atoms with Crippen LogP contribution in [0.4, 0.5) is 0 Å². The minimum absolute atomic E-state index is 0.117. The molecule has 1 unspecified atom stereocenters. The molecule has 1 aromatic heterocycles. The maximum Gasteiger partial charge on any atom is 0.0346 e. The predicted octanol–water partition coefficient (Wildman–Crippen LogP) is 3.77. The quantitative estimate of drug-likeness (QED) is 0.924. The van der Waals surface area contributed by atoms with Gasteiger partial charge in [0.1, 0.15) is 0 Å². The van der Waals surface area contributed by atoms with E-state index in [-0.39, 0.29) is 6.04 Å². The molecule has 0 radical (unpaired) electrons. The van der Waals surface area contributed by atoms with Crippen molar-refractivity contribution in [3.05, 3.63) is 42.2 Å². The molecule has 1 aliphatic rings. The summed E-state index contributed by atoms with van der Waals surface area (Å²) in [6, 6.07) is 8.51. The molecule has 2 nitrogen and oxygen atoms in total. The van der Waals surface area contributed by atoms with Gasteiger partial charge < -0.3 is 5.73 Å². The summed E-state index contributed by atoms with van der Waals surface area (Å²) >= 11 is 2.07. The number of benzene rings is 1. The molecule has 2 N–H and O–H groups in total. The van der Waals surface area contributed by atoms with Crippen molar-refractivity contribution in [1.29, 1.82) is 0 Å². The van der Waals surface area contributed by atoms with Crippen molar-refractivity contribution in [2.45, 2.75) is 25.3 Å². The van der Waals surface area contributed by atoms with E-state index in [1.165, 1.54) is 40.7 Å². The highest BCUT2D eigenvalue weighted by atomic mass is 32.2. The first-order valence-electron chi connectivity index (χ1n) is 7.00. The molecule has 1 atom stereocenters. The van der Waals surface area contributed by atoms with Gasteiger partial charge in [-0.05, 0) is 47.6 Å². The summed E-state index contributed by atoms with van der Waals surface area (Å²) in [5, 5.41) is 2.45. The largest absolute Gasteiger partial charge is 0.324 e. The Labute approximate surface area is 118 Å². The third kappa shape index (κ3) is 2.93. The Balaban J connectivity index is 1.82. The number of fused-ring (bicyclic) bond motifs is 1. The second-order valence-corrected chi connectivity index (χ2v) is 6.57. The number of nitrogens with zero attached hydrogens (tertiary/aromatic N) is 1. The van der Waals surface area contributed by atoms with E-state index in [0.29, 0.717) is 0 Å². The maximum absolute atomic E-state index is 6.45. The van der Waals surface area contributed by atoms with Crippen molar-refractivity contribution < 1.29 is 0 Å². The summed E-state index contributed by atoms with van der Waals surface area (Å²) in [4.78, 5) is 4.34. The van der Waals surface area contributed by atoms with Crippen molar-refractivity contribution in [2.75, 3.05) is 11.5 Å². The average molecular weight is 272 g/mol. The average Bonchev–Trinajstić information content (AvgIpc) is 2.47. The van der Waals surface area contributed by atoms with E-state index in [1.54, 1.807) is 0 Å². The Morgan fingerprint density at radius 3 is 2.84 bits per heavy atom. The zero-order valence-electron chi connectivity index (χ0n) is 11.1. The molecule has 3 rings (SSSR count). The van der Waals surface area contributed by atoms with E-state index >= 15 is 0 Å². The number of hydrogen-bond acceptors (Lipinski definition) is 3. The molecule has 0 aliphatic carbocycles. The van der Waals surface area contributed by atoms with Crippen LogP contribution < -0.4 is 5.73 Å². The van der Waals surface area contributed by atoms with Crippen LogP contribution in [0.1, 0.15) is 30.9 Å². The van der Waals surface area contributed by atoms with Gasteiger partial charge in [-0.25, -0.2) is 0 Å². The van der Waals surface area contributed by atoms with Crippen LogP contribution >= 0.6 is 11.8 Å². The standard InChI is InChI=1S/C16H20N2S/c17-16(9-12-5-7-19-8-6-12)15-11-18-10-13-3-1-2-4-14(13)15/h1-4,10-12,16H,5-9,17H2. The molecule has 0 bridgehead atoms. The van der Waals surface area contributed by atoms with Crippen LogP contribution in [0.25, 0.3) is 10.8 Å². The highest BCUT2D eigenvalue weighted by Crippen LogP contribution is 2.31. The van der Waals surface area contributed by atoms with Crippen LogP contribution in [0.2, 0.25) is 0 Å². The first-order chi connectivity index (χ1) is 9.34. The summed E-state index contributed by atoms with van der Waals surface area (Å²) < 4.78 is 0. The van der Waals surface area contributed by atoms with Gasteiger partial charge in [0.05, 0.1) is 0 Å². The smallest absolute Gasteiger partial charge is 0.0346 e. The molecule has 0 amide bonds. The van der Waals surface area contributed by atoms with Gasteiger partial charge in [-0.1, -0.05) is 24.3 Å². The second kappa shape index (κ2) is 5.93. The Morgan fingerprint density at radius 1 is 1.21 bits per heavy atom. The zero-order chi connectivity index (χ0) is 13.1. The van der Waals surface area contributed by atoms with Crippen molar-refractivity contribution in [2.24, 2.45) is 11.7 Å². The Hall–Kier alpha value is -1.06. The Bertz CT molecular complexity index is 544. The van der Waals surface area contributed by atoms with E-state index in [2.05, 4.69) is 41.0 Å². The topological polar surface area (TPSA) is 38.9 Å². The number of nitrogens with two attached hydrogens (primary N) is 1. The van der Waals surface area contributed by atoms with Gasteiger partial charge in [0.25, 0.3) is 0 Å². The van der Waals surface area contributed by atoms with Gasteiger partial charge in [0.15, 0.2) is 0 Å². The molecule has 0 spiro atoms. The number of thioether (sulfide) groups is 1. The predicted molar refractivity (Wildman–Crippen MR) is 83.3 cm³/mol. The lowest BCUT2D eigenvalue weighted by molar-refractivity contribution is 0.414. The molecule has 0 saturated carbocycles. The van der Waals surface area contributed by atoms with Crippen LogP contribution in [0.5, 0.6) is 0 Å². The number of pyridine rings is 1. The van der Waals surface area contributed by atoms with E-state index in [9.17, 15) is 0 Å². The molecular weight excluding hydrogens is 252 g/mol. The molecule has 2 heterocycles. The van der Waals surface area contributed by atoms with Gasteiger partial charge >= 0.3 is 0 Å². The molecular formula is C16H20N2S. The highest BCUT2D eigenvalue weighted by molar-refractivity contribution is 7.99. The number of rotatable bonds is 3. The molecule has 1 fully saturated rings. The first-order valence-corrected chi connectivity index (χ1v) is 8.16. The first kappa shape index (κ1) is 12.9. The van der Waals surface area contributed by atoms with Crippen molar-refractivity contribution in [3.63, 3.8) is 0 Å². The SMILES string of the molecule is NC(CC1CCSCC1)c1cncc2ccccc12. The Kier molecular flexibility index (Phi) is 4.04. The normalized spacial score (nSPS) is 18.6. The summed E-state index contributed by atoms with van der Waals surface area (Å²) in [7, 11) is 0. The van der Waals surface area contributed by atoms with E-state index in [4.69, 9.17) is 5.73 Å². The molecule has 1 aliphatic heterocycles. The van der Waals surface area contributed by atoms with Crippen molar-refractivity contribution in [3.8, 4) is 0 Å². The minimum atomic E-state index is 0.117. The monoisotopic (exact) mass is 272 g/mol. The van der Waals surface area contributed by atoms with Gasteiger partial charge in [0, 0.05) is 23.8 Å². The minimum Gasteiger partial charge on any atom is -0.324 e. The van der Waals surface area contributed by atoms with Crippen molar-refractivity contribution >= 4 is 22.5 Å². The lowest BCUT2D eigenvalue weighted by Gasteiger charge is -2.25. The van der Waals surface area contributed by atoms with Gasteiger partial charge in [-0.15, -0.1) is 0 Å². The number of hydrogen-bond donors (Lipinski definition) is 1. The molecule has 3 heteroatoms. The fourth-order valence-electron chi connectivity index (χ4n) is 2.90. The summed E-state index contributed by atoms with van der Waals surface area (Å²) in [5.74, 6) is 3.38. The van der Waals surface area contributed by atoms with Gasteiger partial charge in [-0.2, -0.15) is 11.8 Å². The molecule has 19 heavy (non-hydrogen) atoms. The lowest BCUT2D eigenvalue weighted by Crippen LogP contribution is -2.19. The third-order valence-corrected chi connectivity index (χ3v) is 5.08. The van der Waals surface area contributed by atoms with E-state index < -0.39 is 0 Å². The number of aromatic nitrogens is 1. The van der Waals surface area contributed by atoms with Crippen LogP contribution in [0, 0.1) is 5.92 Å². The van der Waals surface area contributed by atoms with Crippen LogP contribution in [0.15, 0.2) is 36.7 Å². The highest BCUT2D eigenvalue weighted by Gasteiger charge is 2.19.